The van der Waals surface area contributed by atoms with Gasteiger partial charge in [0.15, 0.2) is 0 Å². The first kappa shape index (κ1) is 27.0. The predicted octanol–water partition coefficient (Wildman–Crippen LogP) is 5.58. The molecule has 0 aliphatic heterocycles. The number of allylic oxidation sites excluding steroid dienone is 1. The second-order valence-corrected chi connectivity index (χ2v) is 9.20. The summed E-state index contributed by atoms with van der Waals surface area (Å²) in [6, 6.07) is 21.7. The highest BCUT2D eigenvalue weighted by molar-refractivity contribution is 6.03. The van der Waals surface area contributed by atoms with E-state index in [0.717, 1.165) is 0 Å². The van der Waals surface area contributed by atoms with Crippen molar-refractivity contribution in [2.24, 2.45) is 5.41 Å². The molecule has 3 amide bonds. The molecule has 3 aromatic rings. The van der Waals surface area contributed by atoms with Crippen molar-refractivity contribution in [1.82, 2.24) is 5.32 Å². The Balaban J connectivity index is 1.66. The van der Waals surface area contributed by atoms with Gasteiger partial charge in [0, 0.05) is 11.0 Å². The molecular formula is C29H31N3O5. The summed E-state index contributed by atoms with van der Waals surface area (Å²) in [7, 11) is 0. The number of para-hydroxylation sites is 2. The van der Waals surface area contributed by atoms with E-state index in [1.54, 1.807) is 72.8 Å². The van der Waals surface area contributed by atoms with E-state index in [1.165, 1.54) is 18.2 Å². The van der Waals surface area contributed by atoms with E-state index in [9.17, 15) is 19.5 Å². The molecule has 37 heavy (non-hydrogen) atoms. The Kier molecular flexibility index (Phi) is 9.05. The Bertz CT molecular complexity index is 1250. The fourth-order valence-electron chi connectivity index (χ4n) is 3.78. The van der Waals surface area contributed by atoms with Crippen molar-refractivity contribution in [1.29, 1.82) is 0 Å². The Morgan fingerprint density at radius 1 is 0.973 bits per heavy atom. The number of nitrogen functional groups attached to an aromatic ring is 1. The van der Waals surface area contributed by atoms with Crippen molar-refractivity contribution in [3.05, 3.63) is 102 Å². The van der Waals surface area contributed by atoms with Crippen LogP contribution in [0.5, 0.6) is 5.75 Å². The van der Waals surface area contributed by atoms with Gasteiger partial charge in [-0.3, -0.25) is 14.9 Å². The van der Waals surface area contributed by atoms with Crippen LogP contribution in [0.1, 0.15) is 48.7 Å². The third-order valence-corrected chi connectivity index (χ3v) is 5.83. The van der Waals surface area contributed by atoms with Gasteiger partial charge in [0.05, 0.1) is 11.4 Å². The third-order valence-electron chi connectivity index (χ3n) is 5.83. The van der Waals surface area contributed by atoms with E-state index in [4.69, 9.17) is 10.5 Å². The van der Waals surface area contributed by atoms with E-state index < -0.39 is 23.5 Å². The number of phenolic OH excluding ortho intramolecular Hbond substituents is 1. The molecule has 0 aliphatic carbocycles. The largest absolute Gasteiger partial charge is 0.508 e. The average Bonchev–Trinajstić information content (AvgIpc) is 2.88. The van der Waals surface area contributed by atoms with Gasteiger partial charge in [-0.1, -0.05) is 62.4 Å². The van der Waals surface area contributed by atoms with E-state index in [2.05, 4.69) is 10.6 Å². The van der Waals surface area contributed by atoms with E-state index in [0.29, 0.717) is 35.3 Å². The van der Waals surface area contributed by atoms with E-state index in [-0.39, 0.29) is 11.7 Å². The highest BCUT2D eigenvalue weighted by atomic mass is 16.6. The molecule has 0 aliphatic rings. The molecule has 0 saturated carbocycles. The number of rotatable bonds is 9. The zero-order chi connectivity index (χ0) is 26.8. The molecular weight excluding hydrogens is 470 g/mol. The van der Waals surface area contributed by atoms with Crippen LogP contribution in [-0.4, -0.2) is 23.0 Å². The number of imide groups is 1. The Hall–Kier alpha value is -4.59. The lowest BCUT2D eigenvalue weighted by molar-refractivity contribution is -0.111. The molecule has 192 valence electrons. The molecule has 3 rings (SSSR count). The predicted molar refractivity (Wildman–Crippen MR) is 143 cm³/mol. The van der Waals surface area contributed by atoms with Crippen LogP contribution in [-0.2, 0) is 9.53 Å². The summed E-state index contributed by atoms with van der Waals surface area (Å²) in [6.45, 7) is 3.85. The van der Waals surface area contributed by atoms with Crippen molar-refractivity contribution in [3.63, 3.8) is 0 Å². The normalized spacial score (nSPS) is 12.1. The van der Waals surface area contributed by atoms with Crippen molar-refractivity contribution < 1.29 is 24.2 Å². The lowest BCUT2D eigenvalue weighted by Gasteiger charge is -2.34. The monoisotopic (exact) mass is 501 g/mol. The molecule has 0 bridgehead atoms. The van der Waals surface area contributed by atoms with Crippen molar-refractivity contribution in [3.8, 4) is 5.75 Å². The van der Waals surface area contributed by atoms with Crippen molar-refractivity contribution >= 4 is 29.3 Å². The maximum atomic E-state index is 12.7. The van der Waals surface area contributed by atoms with Crippen LogP contribution in [0.4, 0.5) is 16.2 Å². The maximum absolute atomic E-state index is 12.7. The smallest absolute Gasteiger partial charge is 0.414 e. The molecule has 0 saturated heterocycles. The van der Waals surface area contributed by atoms with Crippen LogP contribution >= 0.6 is 0 Å². The fraction of sp³-hybridized carbons (Fsp3) is 0.207. The Labute approximate surface area is 216 Å². The van der Waals surface area contributed by atoms with E-state index >= 15 is 0 Å². The molecule has 8 nitrogen and oxygen atoms in total. The van der Waals surface area contributed by atoms with Gasteiger partial charge in [0.1, 0.15) is 11.9 Å². The summed E-state index contributed by atoms with van der Waals surface area (Å²) in [4.78, 5) is 37.3. The summed E-state index contributed by atoms with van der Waals surface area (Å²) in [5, 5.41) is 14.7. The second kappa shape index (κ2) is 12.4. The van der Waals surface area contributed by atoms with Gasteiger partial charge in [0.25, 0.3) is 5.91 Å². The highest BCUT2D eigenvalue weighted by Gasteiger charge is 2.34. The quantitative estimate of drug-likeness (QED) is 0.224. The van der Waals surface area contributed by atoms with Crippen LogP contribution in [0.25, 0.3) is 0 Å². The van der Waals surface area contributed by atoms with Gasteiger partial charge >= 0.3 is 6.09 Å². The van der Waals surface area contributed by atoms with Crippen LogP contribution < -0.4 is 16.4 Å². The number of nitrogens with one attached hydrogen (secondary N) is 2. The minimum Gasteiger partial charge on any atom is -0.508 e. The number of hydrogen-bond donors (Lipinski definition) is 4. The fourth-order valence-corrected chi connectivity index (χ4v) is 3.78. The zero-order valence-electron chi connectivity index (χ0n) is 20.8. The number of benzene rings is 3. The van der Waals surface area contributed by atoms with Crippen LogP contribution in [0, 0.1) is 5.41 Å². The Morgan fingerprint density at radius 3 is 2.30 bits per heavy atom. The van der Waals surface area contributed by atoms with E-state index in [1.807, 2.05) is 13.8 Å². The Morgan fingerprint density at radius 2 is 1.62 bits per heavy atom. The van der Waals surface area contributed by atoms with Crippen LogP contribution in [0.15, 0.2) is 91.0 Å². The van der Waals surface area contributed by atoms with Crippen LogP contribution in [0.2, 0.25) is 0 Å². The highest BCUT2D eigenvalue weighted by Crippen LogP contribution is 2.41. The summed E-state index contributed by atoms with van der Waals surface area (Å²) in [6.07, 6.45) is 2.63. The molecule has 0 fully saturated rings. The first-order valence-electron chi connectivity index (χ1n) is 11.8. The van der Waals surface area contributed by atoms with Gasteiger partial charge in [-0.2, -0.15) is 0 Å². The molecule has 0 spiro atoms. The number of anilines is 2. The molecule has 0 heterocycles. The summed E-state index contributed by atoms with van der Waals surface area (Å²) in [5.41, 5.74) is 7.28. The average molecular weight is 502 g/mol. The number of alkyl carbamates (subject to hydrolysis) is 1. The van der Waals surface area contributed by atoms with Gasteiger partial charge in [-0.15, -0.1) is 0 Å². The minimum absolute atomic E-state index is 0.0806. The number of carbonyl (C=O) groups excluding carboxylic acids is 3. The maximum Gasteiger partial charge on any atom is 0.414 e. The van der Waals surface area contributed by atoms with Crippen LogP contribution in [0.3, 0.4) is 0 Å². The topological polar surface area (TPSA) is 131 Å². The second-order valence-electron chi connectivity index (χ2n) is 9.20. The molecule has 0 unspecified atom stereocenters. The van der Waals surface area contributed by atoms with Crippen molar-refractivity contribution in [2.45, 2.75) is 32.8 Å². The number of phenols is 1. The van der Waals surface area contributed by atoms with Gasteiger partial charge in [-0.05, 0) is 60.9 Å². The molecule has 0 radical (unpaired) electrons. The number of nitrogens with two attached hydrogens (primary N) is 1. The number of amides is 3. The minimum atomic E-state index is -0.879. The standard InChI is InChI=1S/C29H31N3O5/c1-29(2,19-9-8-14-25(34)31-24-13-7-6-12-23(24)30)26(20-15-17-22(33)18-16-20)37-28(36)32-27(35)21-10-4-3-5-11-21/h3-8,10-18,26,33H,9,19,30H2,1-2H3,(H,31,34)(H,32,35,36)/b14-8+/t26-/m0/s1. The summed E-state index contributed by atoms with van der Waals surface area (Å²) in [5.74, 6) is -0.793. The molecule has 5 N–H and O–H groups in total. The lowest BCUT2D eigenvalue weighted by Crippen LogP contribution is -2.35. The number of carbonyl (C=O) groups is 3. The lowest BCUT2D eigenvalue weighted by atomic mass is 9.78. The van der Waals surface area contributed by atoms with Gasteiger partial charge in [-0.25, -0.2) is 4.79 Å². The molecule has 8 heteroatoms. The molecule has 0 aromatic heterocycles. The summed E-state index contributed by atoms with van der Waals surface area (Å²) < 4.78 is 5.73. The molecule has 1 atom stereocenters. The first-order valence-corrected chi connectivity index (χ1v) is 11.8. The molecule has 3 aromatic carbocycles. The van der Waals surface area contributed by atoms with Gasteiger partial charge < -0.3 is 20.9 Å². The van der Waals surface area contributed by atoms with Gasteiger partial charge in [0.2, 0.25) is 5.91 Å². The SMILES string of the molecule is CC(C)(CC/C=C/C(=O)Nc1ccccc1N)[C@@H](OC(=O)NC(=O)c1ccccc1)c1ccc(O)cc1. The number of aromatic hydroxyl groups is 1. The number of hydrogen-bond acceptors (Lipinski definition) is 6. The third kappa shape index (κ3) is 7.96. The summed E-state index contributed by atoms with van der Waals surface area (Å²) >= 11 is 0. The first-order chi connectivity index (χ1) is 17.7. The number of ether oxygens (including phenoxy) is 1. The van der Waals surface area contributed by atoms with Crippen molar-refractivity contribution in [2.75, 3.05) is 11.1 Å². The zero-order valence-corrected chi connectivity index (χ0v) is 20.8.